The van der Waals surface area contributed by atoms with E-state index in [0.717, 1.165) is 17.5 Å². The molecule has 0 fully saturated rings. The zero-order chi connectivity index (χ0) is 6.97. The van der Waals surface area contributed by atoms with E-state index < -0.39 is 0 Å². The summed E-state index contributed by atoms with van der Waals surface area (Å²) < 4.78 is 0. The Bertz CT molecular complexity index is 276. The van der Waals surface area contributed by atoms with Gasteiger partial charge in [0, 0.05) is 12.0 Å². The van der Waals surface area contributed by atoms with Crippen molar-refractivity contribution in [2.75, 3.05) is 0 Å². The molecule has 0 saturated carbocycles. The van der Waals surface area contributed by atoms with Gasteiger partial charge in [0.25, 0.3) is 0 Å². The van der Waals surface area contributed by atoms with Crippen molar-refractivity contribution in [3.63, 3.8) is 0 Å². The van der Waals surface area contributed by atoms with Gasteiger partial charge >= 0.3 is 0 Å². The molecule has 0 spiro atoms. The zero-order valence-electron chi connectivity index (χ0n) is 5.48. The molecular formula is C9H6O. The standard InChI is InChI=1S/C9H6O/c10-9-6-5-7-3-1-2-4-8(7)9/h3-4H,5-6H2. The average Bonchev–Trinajstić information content (AvgIpc) is 2.34. The Morgan fingerprint density at radius 3 is 2.80 bits per heavy atom. The third kappa shape index (κ3) is 0.625. The lowest BCUT2D eigenvalue weighted by Gasteiger charge is -1.88. The molecule has 0 unspecified atom stereocenters. The smallest absolute Gasteiger partial charge is 0.164 e. The Kier molecular flexibility index (Phi) is 1.01. The molecule has 0 aliphatic heterocycles. The van der Waals surface area contributed by atoms with Crippen LogP contribution in [0, 0.1) is 12.1 Å². The highest BCUT2D eigenvalue weighted by Gasteiger charge is 2.17. The van der Waals surface area contributed by atoms with Crippen LogP contribution in [0.2, 0.25) is 0 Å². The van der Waals surface area contributed by atoms with Crippen LogP contribution in [0.4, 0.5) is 0 Å². The summed E-state index contributed by atoms with van der Waals surface area (Å²) in [6.07, 6.45) is 1.56. The summed E-state index contributed by atoms with van der Waals surface area (Å²) in [7, 11) is 0. The fourth-order valence-corrected chi connectivity index (χ4v) is 1.26. The highest BCUT2D eigenvalue weighted by atomic mass is 16.1. The molecule has 0 amide bonds. The average molecular weight is 130 g/mol. The Labute approximate surface area is 59.7 Å². The maximum atomic E-state index is 11.0. The first-order valence-corrected chi connectivity index (χ1v) is 3.32. The van der Waals surface area contributed by atoms with E-state index in [-0.39, 0.29) is 5.78 Å². The van der Waals surface area contributed by atoms with Gasteiger partial charge in [-0.15, -0.1) is 0 Å². The van der Waals surface area contributed by atoms with Gasteiger partial charge in [0.15, 0.2) is 5.78 Å². The minimum Gasteiger partial charge on any atom is -0.294 e. The Hall–Kier alpha value is -1.29. The summed E-state index contributed by atoms with van der Waals surface area (Å²) in [4.78, 5) is 11.0. The highest BCUT2D eigenvalue weighted by molar-refractivity contribution is 6.00. The van der Waals surface area contributed by atoms with Crippen molar-refractivity contribution < 1.29 is 4.79 Å². The van der Waals surface area contributed by atoms with Gasteiger partial charge in [-0.05, 0) is 24.1 Å². The summed E-state index contributed by atoms with van der Waals surface area (Å²) in [6.45, 7) is 0. The van der Waals surface area contributed by atoms with Gasteiger partial charge in [-0.2, -0.15) is 0 Å². The molecule has 0 radical (unpaired) electrons. The second kappa shape index (κ2) is 1.85. The molecule has 0 aromatic heterocycles. The van der Waals surface area contributed by atoms with Crippen molar-refractivity contribution in [1.29, 1.82) is 0 Å². The topological polar surface area (TPSA) is 17.1 Å². The molecule has 10 heavy (non-hydrogen) atoms. The summed E-state index contributed by atoms with van der Waals surface area (Å²) in [5.74, 6) is 0.250. The maximum absolute atomic E-state index is 11.0. The maximum Gasteiger partial charge on any atom is 0.164 e. The summed E-state index contributed by atoms with van der Waals surface area (Å²) in [5, 5.41) is 0. The van der Waals surface area contributed by atoms with Gasteiger partial charge in [-0.25, -0.2) is 0 Å². The number of carbonyl (C=O) groups is 1. The molecule has 48 valence electrons. The first-order valence-electron chi connectivity index (χ1n) is 3.32. The van der Waals surface area contributed by atoms with E-state index in [2.05, 4.69) is 12.1 Å². The first-order chi connectivity index (χ1) is 4.88. The van der Waals surface area contributed by atoms with Crippen molar-refractivity contribution in [3.8, 4) is 0 Å². The molecule has 1 heteroatoms. The molecule has 0 atom stereocenters. The van der Waals surface area contributed by atoms with Crippen molar-refractivity contribution >= 4 is 5.78 Å². The quantitative estimate of drug-likeness (QED) is 0.519. The highest BCUT2D eigenvalue weighted by Crippen LogP contribution is 2.18. The minimum atomic E-state index is 0.250. The monoisotopic (exact) mass is 130 g/mol. The molecule has 0 saturated heterocycles. The molecule has 1 aromatic carbocycles. The lowest BCUT2D eigenvalue weighted by atomic mass is 10.1. The van der Waals surface area contributed by atoms with E-state index in [1.165, 1.54) is 0 Å². The van der Waals surface area contributed by atoms with Crippen LogP contribution < -0.4 is 0 Å². The van der Waals surface area contributed by atoms with Crippen molar-refractivity contribution in [2.24, 2.45) is 0 Å². The zero-order valence-corrected chi connectivity index (χ0v) is 5.48. The molecule has 0 bridgehead atoms. The number of rotatable bonds is 0. The minimum absolute atomic E-state index is 0.250. The van der Waals surface area contributed by atoms with Crippen LogP contribution in [0.5, 0.6) is 0 Å². The fraction of sp³-hybridized carbons (Fsp3) is 0.222. The number of hydrogen-bond donors (Lipinski definition) is 0. The van der Waals surface area contributed by atoms with Gasteiger partial charge in [-0.1, -0.05) is 12.1 Å². The number of fused-ring (bicyclic) bond motifs is 1. The fourth-order valence-electron chi connectivity index (χ4n) is 1.26. The predicted octanol–water partition coefficient (Wildman–Crippen LogP) is 1.42. The predicted molar refractivity (Wildman–Crippen MR) is 36.8 cm³/mol. The second-order valence-electron chi connectivity index (χ2n) is 2.44. The normalized spacial score (nSPS) is 14.6. The van der Waals surface area contributed by atoms with E-state index in [1.54, 1.807) is 6.07 Å². The molecular weight excluding hydrogens is 124 g/mol. The van der Waals surface area contributed by atoms with Gasteiger partial charge in [0.05, 0.1) is 0 Å². The van der Waals surface area contributed by atoms with Crippen LogP contribution >= 0.6 is 0 Å². The van der Waals surface area contributed by atoms with Crippen molar-refractivity contribution in [3.05, 3.63) is 35.4 Å². The summed E-state index contributed by atoms with van der Waals surface area (Å²) >= 11 is 0. The second-order valence-corrected chi connectivity index (χ2v) is 2.44. The van der Waals surface area contributed by atoms with Gasteiger partial charge in [0.2, 0.25) is 0 Å². The number of Topliss-reactive ketones (excluding diaryl/α,β-unsaturated/α-hetero) is 1. The third-order valence-corrected chi connectivity index (χ3v) is 1.81. The van der Waals surface area contributed by atoms with E-state index in [0.29, 0.717) is 6.42 Å². The largest absolute Gasteiger partial charge is 0.294 e. The lowest BCUT2D eigenvalue weighted by Crippen LogP contribution is -1.88. The molecule has 1 nitrogen and oxygen atoms in total. The third-order valence-electron chi connectivity index (χ3n) is 1.81. The van der Waals surface area contributed by atoms with Crippen LogP contribution in [0.3, 0.4) is 0 Å². The van der Waals surface area contributed by atoms with E-state index in [9.17, 15) is 4.79 Å². The van der Waals surface area contributed by atoms with Crippen LogP contribution in [0.25, 0.3) is 0 Å². The van der Waals surface area contributed by atoms with Crippen LogP contribution in [0.15, 0.2) is 12.1 Å². The van der Waals surface area contributed by atoms with Crippen LogP contribution in [-0.4, -0.2) is 5.78 Å². The summed E-state index contributed by atoms with van der Waals surface area (Å²) in [5.41, 5.74) is 1.97. The van der Waals surface area contributed by atoms with Gasteiger partial charge in [-0.3, -0.25) is 4.79 Å². The van der Waals surface area contributed by atoms with E-state index >= 15 is 0 Å². The summed E-state index contributed by atoms with van der Waals surface area (Å²) in [6, 6.07) is 9.19. The number of ketones is 1. The Morgan fingerprint density at radius 2 is 2.00 bits per heavy atom. The molecule has 2 rings (SSSR count). The van der Waals surface area contributed by atoms with E-state index in [4.69, 9.17) is 0 Å². The van der Waals surface area contributed by atoms with Crippen molar-refractivity contribution in [2.45, 2.75) is 12.8 Å². The van der Waals surface area contributed by atoms with Crippen LogP contribution in [0.1, 0.15) is 22.3 Å². The Balaban J connectivity index is 2.61. The van der Waals surface area contributed by atoms with Crippen molar-refractivity contribution in [1.82, 2.24) is 0 Å². The number of hydrogen-bond acceptors (Lipinski definition) is 1. The molecule has 1 aromatic rings. The number of carbonyl (C=O) groups excluding carboxylic acids is 1. The first kappa shape index (κ1) is 5.49. The molecule has 0 N–H and O–H groups in total. The molecule has 1 aliphatic carbocycles. The SMILES string of the molecule is O=C1CCc2cc#ccc21. The molecule has 1 aliphatic rings. The Morgan fingerprint density at radius 1 is 1.20 bits per heavy atom. The van der Waals surface area contributed by atoms with Gasteiger partial charge < -0.3 is 0 Å². The van der Waals surface area contributed by atoms with E-state index in [1.807, 2.05) is 6.07 Å². The lowest BCUT2D eigenvalue weighted by molar-refractivity contribution is 0.0994. The van der Waals surface area contributed by atoms with Gasteiger partial charge in [0.1, 0.15) is 0 Å². The number of aryl methyl sites for hydroxylation is 1. The van der Waals surface area contributed by atoms with Crippen LogP contribution in [-0.2, 0) is 6.42 Å². The molecule has 0 heterocycles.